The number of allylic oxidation sites excluding steroid dienone is 1. The first kappa shape index (κ1) is 9.56. The third kappa shape index (κ3) is 1.78. The first-order valence-corrected chi connectivity index (χ1v) is 4.72. The molecule has 2 heterocycles. The van der Waals surface area contributed by atoms with Gasteiger partial charge >= 0.3 is 0 Å². The minimum absolute atomic E-state index is 0.115. The van der Waals surface area contributed by atoms with Crippen molar-refractivity contribution in [1.29, 1.82) is 0 Å². The van der Waals surface area contributed by atoms with Gasteiger partial charge in [0.25, 0.3) is 0 Å². The molecule has 0 radical (unpaired) electrons. The number of rotatable bonds is 1. The lowest BCUT2D eigenvalue weighted by Gasteiger charge is -2.15. The summed E-state index contributed by atoms with van der Waals surface area (Å²) in [5.74, 6) is 1.97. The van der Waals surface area contributed by atoms with E-state index >= 15 is 0 Å². The van der Waals surface area contributed by atoms with Crippen molar-refractivity contribution < 1.29 is 4.79 Å². The molecule has 0 amide bonds. The van der Waals surface area contributed by atoms with Gasteiger partial charge < -0.3 is 0 Å². The molecule has 0 N–H and O–H groups in total. The highest BCUT2D eigenvalue weighted by Gasteiger charge is 2.17. The van der Waals surface area contributed by atoms with Gasteiger partial charge in [0.1, 0.15) is 5.94 Å². The van der Waals surface area contributed by atoms with Crippen molar-refractivity contribution in [2.45, 2.75) is 13.0 Å². The molecule has 0 bridgehead atoms. The Bertz CT molecular complexity index is 468. The highest BCUT2D eigenvalue weighted by atomic mass is 16.1. The molecule has 3 heteroatoms. The molecule has 3 nitrogen and oxygen atoms in total. The first-order valence-electron chi connectivity index (χ1n) is 4.72. The zero-order chi connectivity index (χ0) is 10.7. The lowest BCUT2D eigenvalue weighted by atomic mass is 9.93. The Morgan fingerprint density at radius 3 is 2.73 bits per heavy atom. The number of hydrogen-bond acceptors (Lipinski definition) is 3. The SMILES string of the molecule is CC1N=CC=C(c2ccncc2)C1=C=O. The van der Waals surface area contributed by atoms with Crippen LogP contribution >= 0.6 is 0 Å². The molecule has 74 valence electrons. The van der Waals surface area contributed by atoms with E-state index in [0.717, 1.165) is 11.1 Å². The van der Waals surface area contributed by atoms with Crippen LogP contribution in [0.1, 0.15) is 12.5 Å². The maximum Gasteiger partial charge on any atom is 0.130 e. The summed E-state index contributed by atoms with van der Waals surface area (Å²) in [6.45, 7) is 1.88. The van der Waals surface area contributed by atoms with E-state index in [1.807, 2.05) is 31.1 Å². The predicted molar refractivity (Wildman–Crippen MR) is 59.4 cm³/mol. The summed E-state index contributed by atoms with van der Waals surface area (Å²) in [5, 5.41) is 0. The summed E-state index contributed by atoms with van der Waals surface area (Å²) in [6, 6.07) is 3.63. The van der Waals surface area contributed by atoms with Crippen molar-refractivity contribution in [3.05, 3.63) is 41.7 Å². The van der Waals surface area contributed by atoms with Crippen LogP contribution in [-0.2, 0) is 4.79 Å². The van der Waals surface area contributed by atoms with Gasteiger partial charge in [0.15, 0.2) is 0 Å². The molecule has 0 spiro atoms. The molecule has 1 atom stereocenters. The fourth-order valence-electron chi connectivity index (χ4n) is 1.56. The van der Waals surface area contributed by atoms with Gasteiger partial charge in [-0.3, -0.25) is 9.98 Å². The van der Waals surface area contributed by atoms with Crippen LogP contribution in [0.3, 0.4) is 0 Å². The highest BCUT2D eigenvalue weighted by Crippen LogP contribution is 2.26. The lowest BCUT2D eigenvalue weighted by molar-refractivity contribution is 0.566. The van der Waals surface area contributed by atoms with Crippen molar-refractivity contribution in [3.8, 4) is 0 Å². The summed E-state index contributed by atoms with van der Waals surface area (Å²) in [4.78, 5) is 18.9. The fraction of sp³-hybridized carbons (Fsp3) is 0.167. The molecule has 0 aromatic carbocycles. The normalized spacial score (nSPS) is 19.7. The lowest BCUT2D eigenvalue weighted by Crippen LogP contribution is -2.10. The zero-order valence-corrected chi connectivity index (χ0v) is 8.34. The largest absolute Gasteiger partial charge is 0.285 e. The number of pyridine rings is 1. The van der Waals surface area contributed by atoms with Crippen LogP contribution in [0.25, 0.3) is 5.57 Å². The van der Waals surface area contributed by atoms with Crippen LogP contribution in [0.15, 0.2) is 41.2 Å². The Labute approximate surface area is 87.9 Å². The third-order valence-electron chi connectivity index (χ3n) is 2.36. The molecule has 15 heavy (non-hydrogen) atoms. The molecule has 0 saturated heterocycles. The quantitative estimate of drug-likeness (QED) is 0.644. The van der Waals surface area contributed by atoms with Crippen molar-refractivity contribution in [2.75, 3.05) is 0 Å². The van der Waals surface area contributed by atoms with Crippen LogP contribution in [-0.4, -0.2) is 23.2 Å². The van der Waals surface area contributed by atoms with Crippen molar-refractivity contribution in [1.82, 2.24) is 4.98 Å². The molecule has 0 aliphatic carbocycles. The Balaban J connectivity index is 2.49. The molecule has 0 saturated carbocycles. The maximum absolute atomic E-state index is 10.9. The van der Waals surface area contributed by atoms with Crippen LogP contribution < -0.4 is 0 Å². The van der Waals surface area contributed by atoms with Gasteiger partial charge in [0.2, 0.25) is 0 Å². The topological polar surface area (TPSA) is 42.3 Å². The van der Waals surface area contributed by atoms with E-state index in [1.165, 1.54) is 0 Å². The molecule has 1 aliphatic rings. The monoisotopic (exact) mass is 198 g/mol. The number of nitrogens with zero attached hydrogens (tertiary/aromatic N) is 2. The molecule has 1 aromatic rings. The van der Waals surface area contributed by atoms with Gasteiger partial charge in [-0.1, -0.05) is 0 Å². The Morgan fingerprint density at radius 1 is 1.33 bits per heavy atom. The summed E-state index contributed by atoms with van der Waals surface area (Å²) in [6.07, 6.45) is 6.96. The van der Waals surface area contributed by atoms with Crippen molar-refractivity contribution in [2.24, 2.45) is 4.99 Å². The molecular weight excluding hydrogens is 188 g/mol. The van der Waals surface area contributed by atoms with Crippen molar-refractivity contribution >= 4 is 17.7 Å². The number of hydrogen-bond donors (Lipinski definition) is 0. The Kier molecular flexibility index (Phi) is 2.57. The van der Waals surface area contributed by atoms with Crippen LogP contribution in [0, 0.1) is 0 Å². The van der Waals surface area contributed by atoms with E-state index in [-0.39, 0.29) is 6.04 Å². The molecule has 1 aromatic heterocycles. The molecule has 1 unspecified atom stereocenters. The van der Waals surface area contributed by atoms with E-state index in [1.54, 1.807) is 18.6 Å². The average Bonchev–Trinajstić information content (AvgIpc) is 2.30. The average molecular weight is 198 g/mol. The van der Waals surface area contributed by atoms with Crippen LogP contribution in [0.2, 0.25) is 0 Å². The highest BCUT2D eigenvalue weighted by molar-refractivity contribution is 5.98. The van der Waals surface area contributed by atoms with Gasteiger partial charge in [-0.25, -0.2) is 4.79 Å². The van der Waals surface area contributed by atoms with E-state index in [2.05, 4.69) is 9.98 Å². The van der Waals surface area contributed by atoms with Gasteiger partial charge in [-0.15, -0.1) is 0 Å². The summed E-state index contributed by atoms with van der Waals surface area (Å²) in [5.41, 5.74) is 2.46. The summed E-state index contributed by atoms with van der Waals surface area (Å²) >= 11 is 0. The predicted octanol–water partition coefficient (Wildman–Crippen LogP) is 1.70. The second-order valence-corrected chi connectivity index (χ2v) is 3.31. The van der Waals surface area contributed by atoms with Crippen molar-refractivity contribution in [3.63, 3.8) is 0 Å². The smallest absolute Gasteiger partial charge is 0.130 e. The second-order valence-electron chi connectivity index (χ2n) is 3.31. The number of aromatic nitrogens is 1. The standard InChI is InChI=1S/C12H10N2O/c1-9-12(8-15)11(4-7-14-9)10-2-5-13-6-3-10/h2-7,9H,1H3. The minimum Gasteiger partial charge on any atom is -0.285 e. The first-order chi connectivity index (χ1) is 7.33. The molecule has 2 rings (SSSR count). The van der Waals surface area contributed by atoms with E-state index in [0.29, 0.717) is 5.57 Å². The molecule has 1 aliphatic heterocycles. The number of aliphatic imine (C=N–C) groups is 1. The fourth-order valence-corrected chi connectivity index (χ4v) is 1.56. The molecular formula is C12H10N2O. The minimum atomic E-state index is -0.115. The van der Waals surface area contributed by atoms with Gasteiger partial charge in [-0.05, 0) is 36.3 Å². The Hall–Kier alpha value is -1.99. The zero-order valence-electron chi connectivity index (χ0n) is 8.34. The summed E-state index contributed by atoms with van der Waals surface area (Å²) in [7, 11) is 0. The number of carbonyl (C=O) groups excluding carboxylic acids is 1. The summed E-state index contributed by atoms with van der Waals surface area (Å²) < 4.78 is 0. The van der Waals surface area contributed by atoms with Gasteiger partial charge in [0.05, 0.1) is 11.6 Å². The van der Waals surface area contributed by atoms with Gasteiger partial charge in [0, 0.05) is 18.6 Å². The Morgan fingerprint density at radius 2 is 2.07 bits per heavy atom. The maximum atomic E-state index is 10.9. The second kappa shape index (κ2) is 4.03. The van der Waals surface area contributed by atoms with Crippen LogP contribution in [0.4, 0.5) is 0 Å². The molecule has 0 fully saturated rings. The van der Waals surface area contributed by atoms with E-state index in [4.69, 9.17) is 0 Å². The number of dihydropyridines is 1. The van der Waals surface area contributed by atoms with E-state index in [9.17, 15) is 4.79 Å². The van der Waals surface area contributed by atoms with Gasteiger partial charge in [-0.2, -0.15) is 0 Å². The van der Waals surface area contributed by atoms with E-state index < -0.39 is 0 Å². The third-order valence-corrected chi connectivity index (χ3v) is 2.36. The van der Waals surface area contributed by atoms with Crippen LogP contribution in [0.5, 0.6) is 0 Å².